The second-order valence-corrected chi connectivity index (χ2v) is 4.62. The number of nitroso groups, excluding NO2 is 1. The molecular formula is C12H9ClN2OS. The highest BCUT2D eigenvalue weighted by atomic mass is 35.5. The van der Waals surface area contributed by atoms with E-state index in [0.29, 0.717) is 10.7 Å². The van der Waals surface area contributed by atoms with E-state index in [4.69, 9.17) is 11.6 Å². The van der Waals surface area contributed by atoms with Crippen LogP contribution in [0.5, 0.6) is 0 Å². The Balaban J connectivity index is 1.99. The summed E-state index contributed by atoms with van der Waals surface area (Å²) < 4.78 is 3.16. The van der Waals surface area contributed by atoms with Gasteiger partial charge >= 0.3 is 0 Å². The molecule has 0 aliphatic carbocycles. The molecule has 0 atom stereocenters. The van der Waals surface area contributed by atoms with Crippen LogP contribution in [0.15, 0.2) is 58.6 Å². The molecule has 2 aromatic carbocycles. The lowest BCUT2D eigenvalue weighted by Crippen LogP contribution is -1.85. The van der Waals surface area contributed by atoms with Gasteiger partial charge in [0.05, 0.1) is 0 Å². The fourth-order valence-electron chi connectivity index (χ4n) is 1.24. The monoisotopic (exact) mass is 264 g/mol. The van der Waals surface area contributed by atoms with Crippen molar-refractivity contribution in [3.63, 3.8) is 0 Å². The molecule has 86 valence electrons. The van der Waals surface area contributed by atoms with Crippen molar-refractivity contribution in [2.24, 2.45) is 5.18 Å². The molecule has 0 amide bonds. The molecule has 3 nitrogen and oxygen atoms in total. The van der Waals surface area contributed by atoms with E-state index >= 15 is 0 Å². The van der Waals surface area contributed by atoms with Gasteiger partial charge in [-0.1, -0.05) is 17.7 Å². The summed E-state index contributed by atoms with van der Waals surface area (Å²) in [7, 11) is 0. The Morgan fingerprint density at radius 3 is 2.53 bits per heavy atom. The van der Waals surface area contributed by atoms with Gasteiger partial charge in [0, 0.05) is 15.6 Å². The van der Waals surface area contributed by atoms with Crippen molar-refractivity contribution in [1.82, 2.24) is 0 Å². The summed E-state index contributed by atoms with van der Waals surface area (Å²) >= 11 is 7.32. The smallest absolute Gasteiger partial charge is 0.108 e. The minimum atomic E-state index is 0.428. The number of anilines is 1. The SMILES string of the molecule is O=Nc1ccc(SNc2cccc(Cl)c2)cc1. The quantitative estimate of drug-likeness (QED) is 0.633. The number of nitrogens with one attached hydrogen (secondary N) is 1. The van der Waals surface area contributed by atoms with Gasteiger partial charge in [-0.05, 0) is 59.6 Å². The zero-order chi connectivity index (χ0) is 12.1. The number of nitrogens with zero attached hydrogens (tertiary/aromatic N) is 1. The van der Waals surface area contributed by atoms with Gasteiger partial charge in [-0.15, -0.1) is 4.91 Å². The molecule has 0 saturated carbocycles. The Hall–Kier alpha value is -1.52. The van der Waals surface area contributed by atoms with Crippen molar-refractivity contribution in [1.29, 1.82) is 0 Å². The molecule has 2 aromatic rings. The molecule has 0 unspecified atom stereocenters. The molecule has 0 aliphatic heterocycles. The summed E-state index contributed by atoms with van der Waals surface area (Å²) in [6.07, 6.45) is 0. The summed E-state index contributed by atoms with van der Waals surface area (Å²) in [5.41, 5.74) is 1.36. The van der Waals surface area contributed by atoms with E-state index in [1.54, 1.807) is 12.1 Å². The third kappa shape index (κ3) is 3.47. The number of rotatable bonds is 4. The Labute approximate surface area is 108 Å². The van der Waals surface area contributed by atoms with Crippen LogP contribution in [0.4, 0.5) is 11.4 Å². The van der Waals surface area contributed by atoms with Gasteiger partial charge in [-0.25, -0.2) is 0 Å². The largest absolute Gasteiger partial charge is 0.326 e. The molecule has 0 aliphatic rings. The van der Waals surface area contributed by atoms with Crippen LogP contribution in [0.25, 0.3) is 0 Å². The predicted molar refractivity (Wildman–Crippen MR) is 72.8 cm³/mol. The minimum absolute atomic E-state index is 0.428. The van der Waals surface area contributed by atoms with Crippen LogP contribution in [0.1, 0.15) is 0 Å². The summed E-state index contributed by atoms with van der Waals surface area (Å²) in [6, 6.07) is 14.5. The highest BCUT2D eigenvalue weighted by molar-refractivity contribution is 8.00. The topological polar surface area (TPSA) is 41.5 Å². The second kappa shape index (κ2) is 5.70. The molecule has 0 saturated heterocycles. The lowest BCUT2D eigenvalue weighted by atomic mass is 10.3. The van der Waals surface area contributed by atoms with Gasteiger partial charge in [0.25, 0.3) is 0 Å². The van der Waals surface area contributed by atoms with Gasteiger partial charge in [-0.3, -0.25) is 0 Å². The normalized spacial score (nSPS) is 9.94. The molecule has 0 spiro atoms. The van der Waals surface area contributed by atoms with Crippen molar-refractivity contribution < 1.29 is 0 Å². The fourth-order valence-corrected chi connectivity index (χ4v) is 2.07. The van der Waals surface area contributed by atoms with Crippen LogP contribution in [0.3, 0.4) is 0 Å². The molecule has 1 N–H and O–H groups in total. The molecule has 0 aromatic heterocycles. The van der Waals surface area contributed by atoms with Crippen molar-refractivity contribution >= 4 is 34.9 Å². The zero-order valence-corrected chi connectivity index (χ0v) is 10.3. The number of hydrogen-bond acceptors (Lipinski definition) is 4. The maximum absolute atomic E-state index is 10.2. The second-order valence-electron chi connectivity index (χ2n) is 3.30. The molecular weight excluding hydrogens is 256 g/mol. The predicted octanol–water partition coefficient (Wildman–Crippen LogP) is 4.86. The van der Waals surface area contributed by atoms with E-state index in [1.165, 1.54) is 11.9 Å². The third-order valence-corrected chi connectivity index (χ3v) is 3.13. The lowest BCUT2D eigenvalue weighted by molar-refractivity contribution is 1.41. The van der Waals surface area contributed by atoms with Crippen LogP contribution in [0, 0.1) is 4.91 Å². The van der Waals surface area contributed by atoms with E-state index in [0.717, 1.165) is 10.6 Å². The maximum atomic E-state index is 10.2. The van der Waals surface area contributed by atoms with Gasteiger partial charge in [0.2, 0.25) is 0 Å². The average Bonchev–Trinajstić information content (AvgIpc) is 2.37. The van der Waals surface area contributed by atoms with Crippen molar-refractivity contribution in [3.8, 4) is 0 Å². The molecule has 0 radical (unpaired) electrons. The van der Waals surface area contributed by atoms with Gasteiger partial charge in [0.15, 0.2) is 0 Å². The number of hydrogen-bond donors (Lipinski definition) is 1. The van der Waals surface area contributed by atoms with Crippen molar-refractivity contribution in [3.05, 3.63) is 58.5 Å². The lowest BCUT2D eigenvalue weighted by Gasteiger charge is -2.05. The van der Waals surface area contributed by atoms with E-state index in [2.05, 4.69) is 9.90 Å². The first-order valence-corrected chi connectivity index (χ1v) is 6.09. The Bertz CT molecular complexity index is 516. The number of benzene rings is 2. The summed E-state index contributed by atoms with van der Waals surface area (Å²) in [5.74, 6) is 0. The highest BCUT2D eigenvalue weighted by Crippen LogP contribution is 2.24. The average molecular weight is 265 g/mol. The van der Waals surface area contributed by atoms with Crippen LogP contribution in [-0.2, 0) is 0 Å². The maximum Gasteiger partial charge on any atom is 0.108 e. The van der Waals surface area contributed by atoms with E-state index in [9.17, 15) is 4.91 Å². The first-order chi connectivity index (χ1) is 8.28. The summed E-state index contributed by atoms with van der Waals surface area (Å²) in [5, 5.41) is 3.54. The molecule has 0 fully saturated rings. The van der Waals surface area contributed by atoms with Gasteiger partial charge < -0.3 is 4.72 Å². The molecule has 5 heteroatoms. The van der Waals surface area contributed by atoms with Crippen molar-refractivity contribution in [2.45, 2.75) is 4.90 Å². The minimum Gasteiger partial charge on any atom is -0.326 e. The highest BCUT2D eigenvalue weighted by Gasteiger charge is 1.97. The fraction of sp³-hybridized carbons (Fsp3) is 0. The Kier molecular flexibility index (Phi) is 4.01. The molecule has 0 heterocycles. The van der Waals surface area contributed by atoms with Crippen LogP contribution in [-0.4, -0.2) is 0 Å². The number of halogens is 1. The first kappa shape index (κ1) is 12.0. The summed E-state index contributed by atoms with van der Waals surface area (Å²) in [6.45, 7) is 0. The Morgan fingerprint density at radius 1 is 1.12 bits per heavy atom. The third-order valence-electron chi connectivity index (χ3n) is 2.05. The van der Waals surface area contributed by atoms with Gasteiger partial charge in [-0.2, -0.15) is 0 Å². The molecule has 17 heavy (non-hydrogen) atoms. The van der Waals surface area contributed by atoms with Crippen LogP contribution < -0.4 is 4.72 Å². The van der Waals surface area contributed by atoms with Crippen LogP contribution >= 0.6 is 23.5 Å². The van der Waals surface area contributed by atoms with E-state index in [1.807, 2.05) is 36.4 Å². The van der Waals surface area contributed by atoms with Crippen molar-refractivity contribution in [2.75, 3.05) is 4.72 Å². The molecule has 2 rings (SSSR count). The first-order valence-electron chi connectivity index (χ1n) is 4.90. The summed E-state index contributed by atoms with van der Waals surface area (Å²) in [4.78, 5) is 11.2. The van der Waals surface area contributed by atoms with Crippen LogP contribution in [0.2, 0.25) is 5.02 Å². The standard InChI is InChI=1S/C12H9ClN2OS/c13-9-2-1-3-11(8-9)15-17-12-6-4-10(14-16)5-7-12/h1-8,15H. The molecule has 0 bridgehead atoms. The van der Waals surface area contributed by atoms with E-state index in [-0.39, 0.29) is 0 Å². The zero-order valence-electron chi connectivity index (χ0n) is 8.76. The van der Waals surface area contributed by atoms with E-state index < -0.39 is 0 Å². The Morgan fingerprint density at radius 2 is 1.88 bits per heavy atom. The van der Waals surface area contributed by atoms with Gasteiger partial charge in [0.1, 0.15) is 5.69 Å².